The molecule has 0 bridgehead atoms. The molecule has 10 nitrogen and oxygen atoms in total. The Morgan fingerprint density at radius 3 is 2.55 bits per heavy atom. The molecule has 0 saturated heterocycles. The number of aromatic nitrogens is 2. The number of rotatable bonds is 8. The Morgan fingerprint density at radius 1 is 1.19 bits per heavy atom. The predicted molar refractivity (Wildman–Crippen MR) is 116 cm³/mol. The minimum absolute atomic E-state index is 0.146. The Hall–Kier alpha value is -3.44. The van der Waals surface area contributed by atoms with Crippen molar-refractivity contribution in [2.45, 2.75) is 4.90 Å². The van der Waals surface area contributed by atoms with Crippen molar-refractivity contribution in [1.29, 1.82) is 0 Å². The third-order valence-electron chi connectivity index (χ3n) is 4.34. The van der Waals surface area contributed by atoms with Gasteiger partial charge in [-0.05, 0) is 24.3 Å². The molecule has 0 unspecified atom stereocenters. The van der Waals surface area contributed by atoms with Crippen molar-refractivity contribution >= 4 is 38.7 Å². The van der Waals surface area contributed by atoms with Crippen LogP contribution in [0.2, 0.25) is 5.02 Å². The Morgan fingerprint density at radius 2 is 1.90 bits per heavy atom. The van der Waals surface area contributed by atoms with Gasteiger partial charge in [-0.3, -0.25) is 20.0 Å². The zero-order valence-electron chi connectivity index (χ0n) is 16.3. The Kier molecular flexibility index (Phi) is 6.56. The first-order valence-corrected chi connectivity index (χ1v) is 11.2. The summed E-state index contributed by atoms with van der Waals surface area (Å²) in [5.41, 5.74) is 1.40. The maximum Gasteiger partial charge on any atom is 0.293 e. The number of nitrogens with zero attached hydrogens (tertiary/aromatic N) is 2. The van der Waals surface area contributed by atoms with E-state index in [-0.39, 0.29) is 35.3 Å². The average molecular weight is 464 g/mol. The van der Waals surface area contributed by atoms with Gasteiger partial charge in [-0.2, -0.15) is 5.10 Å². The number of H-pyrrole nitrogens is 1. The number of aromatic amines is 1. The highest BCUT2D eigenvalue weighted by Gasteiger charge is 2.19. The van der Waals surface area contributed by atoms with Crippen LogP contribution in [-0.4, -0.2) is 48.8 Å². The lowest BCUT2D eigenvalue weighted by molar-refractivity contribution is -0.384. The van der Waals surface area contributed by atoms with Crippen LogP contribution in [0.25, 0.3) is 11.3 Å². The van der Waals surface area contributed by atoms with Crippen molar-refractivity contribution < 1.29 is 18.1 Å². The molecule has 1 heterocycles. The fraction of sp³-hybridized carbons (Fsp3) is 0.158. The molecule has 3 rings (SSSR count). The maximum absolute atomic E-state index is 12.5. The van der Waals surface area contributed by atoms with Crippen molar-refractivity contribution in [3.63, 3.8) is 0 Å². The van der Waals surface area contributed by atoms with Gasteiger partial charge < -0.3 is 10.6 Å². The van der Waals surface area contributed by atoms with Crippen LogP contribution in [0.3, 0.4) is 0 Å². The highest BCUT2D eigenvalue weighted by Crippen LogP contribution is 2.27. The first-order chi connectivity index (χ1) is 14.7. The summed E-state index contributed by atoms with van der Waals surface area (Å²) < 4.78 is 23.2. The van der Waals surface area contributed by atoms with Crippen LogP contribution in [0, 0.1) is 10.1 Å². The van der Waals surface area contributed by atoms with Gasteiger partial charge in [-0.1, -0.05) is 23.7 Å². The number of carbonyl (C=O) groups is 1. The topological polar surface area (TPSA) is 147 Å². The molecule has 0 aliphatic heterocycles. The van der Waals surface area contributed by atoms with E-state index in [1.165, 1.54) is 18.3 Å². The van der Waals surface area contributed by atoms with Crippen LogP contribution in [-0.2, 0) is 9.84 Å². The molecule has 0 aliphatic rings. The number of sulfone groups is 1. The van der Waals surface area contributed by atoms with Crippen LogP contribution in [0.1, 0.15) is 10.4 Å². The van der Waals surface area contributed by atoms with E-state index in [0.29, 0.717) is 16.3 Å². The molecular formula is C19H18ClN5O5S. The van der Waals surface area contributed by atoms with Crippen LogP contribution >= 0.6 is 11.6 Å². The van der Waals surface area contributed by atoms with E-state index in [0.717, 1.165) is 17.9 Å². The highest BCUT2D eigenvalue weighted by atomic mass is 35.5. The van der Waals surface area contributed by atoms with Crippen LogP contribution < -0.4 is 10.6 Å². The number of nitrogens with one attached hydrogen (secondary N) is 3. The van der Waals surface area contributed by atoms with Crippen molar-refractivity contribution in [1.82, 2.24) is 15.5 Å². The standard InChI is InChI=1S/C19H18ClN5O5S/c1-31(29,30)14-6-7-16(17(10-14)25(27)28)21-8-9-22-19(26)15-11-23-24-18(15)12-2-4-13(20)5-3-12/h2-7,10-11,21H,8-9H2,1H3,(H,22,26)(H,23,24). The summed E-state index contributed by atoms with van der Waals surface area (Å²) in [5.74, 6) is -0.373. The molecule has 162 valence electrons. The number of halogens is 1. The molecule has 2 aromatic carbocycles. The quantitative estimate of drug-likeness (QED) is 0.264. The second kappa shape index (κ2) is 9.14. The molecule has 0 spiro atoms. The summed E-state index contributed by atoms with van der Waals surface area (Å²) in [6.07, 6.45) is 2.38. The molecular weight excluding hydrogens is 446 g/mol. The van der Waals surface area contributed by atoms with Crippen LogP contribution in [0.5, 0.6) is 0 Å². The van der Waals surface area contributed by atoms with Crippen LogP contribution in [0.15, 0.2) is 53.6 Å². The number of nitro groups is 1. The third kappa shape index (κ3) is 5.38. The van der Waals surface area contributed by atoms with Gasteiger partial charge in [0.15, 0.2) is 9.84 Å². The van der Waals surface area contributed by atoms with Gasteiger partial charge in [-0.25, -0.2) is 8.42 Å². The molecule has 1 amide bonds. The van der Waals surface area contributed by atoms with Gasteiger partial charge in [0, 0.05) is 36.0 Å². The second-order valence-electron chi connectivity index (χ2n) is 6.56. The zero-order chi connectivity index (χ0) is 22.6. The fourth-order valence-electron chi connectivity index (χ4n) is 2.81. The maximum atomic E-state index is 12.5. The molecule has 0 radical (unpaired) electrons. The Bertz CT molecular complexity index is 1220. The SMILES string of the molecule is CS(=O)(=O)c1ccc(NCCNC(=O)c2cn[nH]c2-c2ccc(Cl)cc2)c([N+](=O)[O-])c1. The molecule has 0 atom stereocenters. The third-order valence-corrected chi connectivity index (χ3v) is 5.70. The molecule has 3 aromatic rings. The monoisotopic (exact) mass is 463 g/mol. The van der Waals surface area contributed by atoms with Crippen molar-refractivity contribution in [3.8, 4) is 11.3 Å². The van der Waals surface area contributed by atoms with E-state index in [1.54, 1.807) is 24.3 Å². The summed E-state index contributed by atoms with van der Waals surface area (Å²) in [4.78, 5) is 23.0. The minimum Gasteiger partial charge on any atom is -0.378 e. The van der Waals surface area contributed by atoms with Crippen molar-refractivity contribution in [2.75, 3.05) is 24.7 Å². The molecule has 1 aromatic heterocycles. The van der Waals surface area contributed by atoms with E-state index < -0.39 is 14.8 Å². The average Bonchev–Trinajstić information content (AvgIpc) is 3.20. The highest BCUT2D eigenvalue weighted by molar-refractivity contribution is 7.90. The largest absolute Gasteiger partial charge is 0.378 e. The van der Waals surface area contributed by atoms with Gasteiger partial charge in [0.25, 0.3) is 11.6 Å². The minimum atomic E-state index is -3.57. The van der Waals surface area contributed by atoms with Gasteiger partial charge in [0.1, 0.15) is 5.69 Å². The summed E-state index contributed by atoms with van der Waals surface area (Å²) in [7, 11) is -3.57. The molecule has 31 heavy (non-hydrogen) atoms. The molecule has 3 N–H and O–H groups in total. The molecule has 0 saturated carbocycles. The van der Waals surface area contributed by atoms with E-state index in [4.69, 9.17) is 11.6 Å². The summed E-state index contributed by atoms with van der Waals surface area (Å²) in [6.45, 7) is 0.341. The van der Waals surface area contributed by atoms with E-state index in [1.807, 2.05) is 0 Å². The lowest BCUT2D eigenvalue weighted by Crippen LogP contribution is -2.29. The number of carbonyl (C=O) groups excluding carboxylic acids is 1. The van der Waals surface area contributed by atoms with Gasteiger partial charge in [0.2, 0.25) is 0 Å². The molecule has 0 fully saturated rings. The summed E-state index contributed by atoms with van der Waals surface area (Å²) >= 11 is 5.89. The normalized spacial score (nSPS) is 11.2. The van der Waals surface area contributed by atoms with Crippen LogP contribution in [0.4, 0.5) is 11.4 Å². The number of amides is 1. The first-order valence-electron chi connectivity index (χ1n) is 8.96. The van der Waals surface area contributed by atoms with E-state index >= 15 is 0 Å². The van der Waals surface area contributed by atoms with E-state index in [9.17, 15) is 23.3 Å². The number of nitro benzene ring substituents is 1. The van der Waals surface area contributed by atoms with Gasteiger partial charge in [0.05, 0.1) is 27.3 Å². The number of hydrogen-bond donors (Lipinski definition) is 3. The number of benzene rings is 2. The molecule has 12 heteroatoms. The lowest BCUT2D eigenvalue weighted by atomic mass is 10.1. The zero-order valence-corrected chi connectivity index (χ0v) is 17.8. The summed E-state index contributed by atoms with van der Waals surface area (Å²) in [6, 6.07) is 10.5. The number of anilines is 1. The predicted octanol–water partition coefficient (Wildman–Crippen LogP) is 2.88. The fourth-order valence-corrected chi connectivity index (χ4v) is 3.57. The number of hydrogen-bond acceptors (Lipinski definition) is 7. The Labute approximate surface area is 182 Å². The van der Waals surface area contributed by atoms with Gasteiger partial charge in [-0.15, -0.1) is 0 Å². The second-order valence-corrected chi connectivity index (χ2v) is 9.01. The van der Waals surface area contributed by atoms with Crippen molar-refractivity contribution in [2.24, 2.45) is 0 Å². The smallest absolute Gasteiger partial charge is 0.293 e. The van der Waals surface area contributed by atoms with Crippen molar-refractivity contribution in [3.05, 3.63) is 69.4 Å². The van der Waals surface area contributed by atoms with Gasteiger partial charge >= 0.3 is 0 Å². The first kappa shape index (κ1) is 22.2. The Balaban J connectivity index is 1.63. The lowest BCUT2D eigenvalue weighted by Gasteiger charge is -2.10. The molecule has 0 aliphatic carbocycles. The van der Waals surface area contributed by atoms with E-state index in [2.05, 4.69) is 20.8 Å². The summed E-state index contributed by atoms with van der Waals surface area (Å²) in [5, 5.41) is 24.1.